The molecule has 0 radical (unpaired) electrons. The zero-order valence-electron chi connectivity index (χ0n) is 8.49. The van der Waals surface area contributed by atoms with Gasteiger partial charge in [0.1, 0.15) is 0 Å². The van der Waals surface area contributed by atoms with Gasteiger partial charge < -0.3 is 15.9 Å². The molecule has 0 aromatic rings. The van der Waals surface area contributed by atoms with E-state index in [1.807, 2.05) is 0 Å². The Hall–Kier alpha value is -0.810. The standard InChI is InChI=1S/2C3H6O2.C2H6ClN/c2*1-2-3(4)5;3-1-2-4/h2*2H2,1H3,(H,4,5);1-2,4H2. The second kappa shape index (κ2) is 18.1. The third-order valence-corrected chi connectivity index (χ3v) is 0.932. The van der Waals surface area contributed by atoms with E-state index in [4.69, 9.17) is 27.5 Å². The normalized spacial score (nSPS) is 7.43. The largest absolute Gasteiger partial charge is 0.481 e. The van der Waals surface area contributed by atoms with Gasteiger partial charge in [0.05, 0.1) is 0 Å². The molecule has 6 heteroatoms. The summed E-state index contributed by atoms with van der Waals surface area (Å²) in [6.07, 6.45) is 0.444. The lowest BCUT2D eigenvalue weighted by atomic mass is 10.5. The summed E-state index contributed by atoms with van der Waals surface area (Å²) < 4.78 is 0. The van der Waals surface area contributed by atoms with Crippen LogP contribution in [0.4, 0.5) is 0 Å². The van der Waals surface area contributed by atoms with Gasteiger partial charge in [0.15, 0.2) is 0 Å². The van der Waals surface area contributed by atoms with Crippen LogP contribution in [0.25, 0.3) is 0 Å². The Morgan fingerprint density at radius 3 is 1.29 bits per heavy atom. The van der Waals surface area contributed by atoms with E-state index in [0.29, 0.717) is 12.4 Å². The van der Waals surface area contributed by atoms with Gasteiger partial charge in [-0.3, -0.25) is 9.59 Å². The second-order valence-electron chi connectivity index (χ2n) is 1.97. The van der Waals surface area contributed by atoms with E-state index >= 15 is 0 Å². The average molecular weight is 228 g/mol. The van der Waals surface area contributed by atoms with E-state index in [-0.39, 0.29) is 12.8 Å². The molecule has 0 saturated carbocycles. The van der Waals surface area contributed by atoms with Crippen molar-refractivity contribution in [3.05, 3.63) is 0 Å². The fourth-order valence-corrected chi connectivity index (χ4v) is 0. The molecule has 5 nitrogen and oxygen atoms in total. The number of halogens is 1. The van der Waals surface area contributed by atoms with Gasteiger partial charge in [-0.25, -0.2) is 0 Å². The van der Waals surface area contributed by atoms with Gasteiger partial charge in [0, 0.05) is 25.3 Å². The maximum absolute atomic E-state index is 9.37. The highest BCUT2D eigenvalue weighted by Gasteiger charge is 1.81. The van der Waals surface area contributed by atoms with E-state index in [1.54, 1.807) is 13.8 Å². The predicted octanol–water partition coefficient (Wildman–Crippen LogP) is 1.15. The van der Waals surface area contributed by atoms with Crippen LogP contribution in [0.2, 0.25) is 0 Å². The van der Waals surface area contributed by atoms with E-state index in [1.165, 1.54) is 0 Å². The van der Waals surface area contributed by atoms with Gasteiger partial charge in [-0.1, -0.05) is 13.8 Å². The molecule has 0 atom stereocenters. The van der Waals surface area contributed by atoms with Crippen LogP contribution in [0.3, 0.4) is 0 Å². The highest BCUT2D eigenvalue weighted by molar-refractivity contribution is 6.18. The van der Waals surface area contributed by atoms with Crippen molar-refractivity contribution >= 4 is 23.5 Å². The fourth-order valence-electron chi connectivity index (χ4n) is 0. The summed E-state index contributed by atoms with van der Waals surface area (Å²) >= 11 is 5.06. The number of hydrogen-bond acceptors (Lipinski definition) is 3. The summed E-state index contributed by atoms with van der Waals surface area (Å²) in [5.74, 6) is -0.921. The minimum atomic E-state index is -0.745. The molecule has 86 valence electrons. The minimum Gasteiger partial charge on any atom is -0.481 e. The predicted molar refractivity (Wildman–Crippen MR) is 55.6 cm³/mol. The maximum Gasteiger partial charge on any atom is 0.303 e. The molecule has 0 aromatic heterocycles. The number of carboxylic acids is 2. The summed E-state index contributed by atoms with van der Waals surface area (Å²) in [5, 5.41) is 15.4. The number of carboxylic acid groups (broad SMARTS) is 2. The Morgan fingerprint density at radius 2 is 1.29 bits per heavy atom. The summed E-state index contributed by atoms with van der Waals surface area (Å²) in [5.41, 5.74) is 4.90. The van der Waals surface area contributed by atoms with Gasteiger partial charge in [-0.05, 0) is 0 Å². The van der Waals surface area contributed by atoms with Crippen LogP contribution in [-0.4, -0.2) is 34.6 Å². The van der Waals surface area contributed by atoms with Crippen LogP contribution >= 0.6 is 11.6 Å². The zero-order chi connectivity index (χ0) is 12.0. The van der Waals surface area contributed by atoms with Gasteiger partial charge in [-0.15, -0.1) is 11.6 Å². The SMILES string of the molecule is CCC(=O)O.CCC(=O)O.NCCCl. The maximum atomic E-state index is 9.37. The first-order valence-corrected chi connectivity index (χ1v) is 4.69. The van der Waals surface area contributed by atoms with E-state index in [2.05, 4.69) is 0 Å². The van der Waals surface area contributed by atoms with Crippen molar-refractivity contribution in [2.75, 3.05) is 12.4 Å². The molecule has 0 amide bonds. The Bertz CT molecular complexity index is 125. The van der Waals surface area contributed by atoms with Crippen LogP contribution in [0.1, 0.15) is 26.7 Å². The number of carbonyl (C=O) groups is 2. The lowest BCUT2D eigenvalue weighted by Gasteiger charge is -1.71. The lowest BCUT2D eigenvalue weighted by molar-refractivity contribution is -0.137. The second-order valence-corrected chi connectivity index (χ2v) is 2.35. The van der Waals surface area contributed by atoms with Gasteiger partial charge in [0.2, 0.25) is 0 Å². The first kappa shape index (κ1) is 18.9. The number of hydrogen-bond donors (Lipinski definition) is 3. The molecule has 0 fully saturated rings. The highest BCUT2D eigenvalue weighted by atomic mass is 35.5. The number of aliphatic carboxylic acids is 2. The van der Waals surface area contributed by atoms with Crippen molar-refractivity contribution < 1.29 is 19.8 Å². The third-order valence-electron chi connectivity index (χ3n) is 0.714. The van der Waals surface area contributed by atoms with Crippen molar-refractivity contribution in [1.29, 1.82) is 0 Å². The van der Waals surface area contributed by atoms with Crippen molar-refractivity contribution in [3.63, 3.8) is 0 Å². The Kier molecular flexibility index (Phi) is 24.4. The Balaban J connectivity index is -0.000000131. The topological polar surface area (TPSA) is 101 Å². The molecule has 0 unspecified atom stereocenters. The molecule has 0 aliphatic heterocycles. The zero-order valence-corrected chi connectivity index (χ0v) is 9.25. The lowest BCUT2D eigenvalue weighted by Crippen LogP contribution is -1.97. The Labute approximate surface area is 88.9 Å². The molecule has 0 saturated heterocycles. The molecule has 14 heavy (non-hydrogen) atoms. The quantitative estimate of drug-likeness (QED) is 0.628. The van der Waals surface area contributed by atoms with Gasteiger partial charge in [0.25, 0.3) is 0 Å². The first-order chi connectivity index (χ1) is 6.45. The molecule has 0 bridgehead atoms. The molecular weight excluding hydrogens is 210 g/mol. The molecule has 0 heterocycles. The summed E-state index contributed by atoms with van der Waals surface area (Å²) in [7, 11) is 0. The molecule has 0 rings (SSSR count). The molecule has 0 aromatic carbocycles. The summed E-state index contributed by atoms with van der Waals surface area (Å²) in [4.78, 5) is 18.7. The van der Waals surface area contributed by atoms with Crippen molar-refractivity contribution in [1.82, 2.24) is 0 Å². The van der Waals surface area contributed by atoms with Crippen molar-refractivity contribution in [2.45, 2.75) is 26.7 Å². The van der Waals surface area contributed by atoms with Crippen LogP contribution in [-0.2, 0) is 9.59 Å². The molecule has 0 aliphatic rings. The van der Waals surface area contributed by atoms with E-state index in [0.717, 1.165) is 0 Å². The van der Waals surface area contributed by atoms with E-state index < -0.39 is 11.9 Å². The highest BCUT2D eigenvalue weighted by Crippen LogP contribution is 1.67. The van der Waals surface area contributed by atoms with Gasteiger partial charge >= 0.3 is 11.9 Å². The monoisotopic (exact) mass is 227 g/mol. The number of nitrogens with two attached hydrogens (primary N) is 1. The minimum absolute atomic E-state index is 0.222. The van der Waals surface area contributed by atoms with Crippen LogP contribution in [0.5, 0.6) is 0 Å². The summed E-state index contributed by atoms with van der Waals surface area (Å²) in [6, 6.07) is 0. The Morgan fingerprint density at radius 1 is 1.14 bits per heavy atom. The average Bonchev–Trinajstić information content (AvgIpc) is 2.19. The third kappa shape index (κ3) is 66.2. The fraction of sp³-hybridized carbons (Fsp3) is 0.750. The smallest absolute Gasteiger partial charge is 0.303 e. The van der Waals surface area contributed by atoms with Crippen molar-refractivity contribution in [2.24, 2.45) is 5.73 Å². The van der Waals surface area contributed by atoms with Crippen LogP contribution < -0.4 is 5.73 Å². The molecular formula is C8H18ClNO4. The number of alkyl halides is 1. The van der Waals surface area contributed by atoms with Crippen molar-refractivity contribution in [3.8, 4) is 0 Å². The molecule has 4 N–H and O–H groups in total. The van der Waals surface area contributed by atoms with Crippen LogP contribution in [0.15, 0.2) is 0 Å². The summed E-state index contributed by atoms with van der Waals surface area (Å²) in [6.45, 7) is 3.78. The van der Waals surface area contributed by atoms with E-state index in [9.17, 15) is 9.59 Å². The molecule has 0 spiro atoms. The van der Waals surface area contributed by atoms with Gasteiger partial charge in [-0.2, -0.15) is 0 Å². The number of rotatable bonds is 3. The first-order valence-electron chi connectivity index (χ1n) is 4.15. The van der Waals surface area contributed by atoms with Crippen LogP contribution in [0, 0.1) is 0 Å². The molecule has 0 aliphatic carbocycles.